The third-order valence-electron chi connectivity index (χ3n) is 6.67. The summed E-state index contributed by atoms with van der Waals surface area (Å²) in [5, 5.41) is 6.08. The van der Waals surface area contributed by atoms with E-state index in [2.05, 4.69) is 22.5 Å². The minimum absolute atomic E-state index is 0.0869. The number of piperidine rings is 2. The van der Waals surface area contributed by atoms with Crippen LogP contribution in [-0.2, 0) is 4.79 Å². The van der Waals surface area contributed by atoms with Crippen molar-refractivity contribution in [2.45, 2.75) is 45.4 Å². The molecule has 1 aromatic rings. The molecule has 2 saturated heterocycles. The first kappa shape index (κ1) is 23.4. The third kappa shape index (κ3) is 7.13. The normalized spacial score (nSPS) is 22.1. The number of urea groups is 1. The van der Waals surface area contributed by atoms with E-state index in [0.29, 0.717) is 37.1 Å². The van der Waals surface area contributed by atoms with Gasteiger partial charge in [0.15, 0.2) is 0 Å². The smallest absolute Gasteiger partial charge is 0.321 e. The van der Waals surface area contributed by atoms with Gasteiger partial charge in [-0.25, -0.2) is 4.79 Å². The number of carbonyl (C=O) groups is 2. The average molecular weight is 431 g/mol. The maximum Gasteiger partial charge on any atom is 0.321 e. The van der Waals surface area contributed by atoms with Crippen LogP contribution < -0.4 is 15.4 Å². The van der Waals surface area contributed by atoms with Gasteiger partial charge in [0.25, 0.3) is 0 Å². The lowest BCUT2D eigenvalue weighted by Gasteiger charge is -2.38. The molecule has 7 nitrogen and oxygen atoms in total. The lowest BCUT2D eigenvalue weighted by atomic mass is 9.81. The molecule has 172 valence electrons. The molecular weight excluding hydrogens is 392 g/mol. The first-order valence-electron chi connectivity index (χ1n) is 11.8. The highest BCUT2D eigenvalue weighted by molar-refractivity contribution is 5.89. The van der Waals surface area contributed by atoms with Gasteiger partial charge in [0, 0.05) is 44.4 Å². The zero-order valence-electron chi connectivity index (χ0n) is 19.1. The first-order valence-corrected chi connectivity index (χ1v) is 11.8. The fraction of sp³-hybridized carbons (Fsp3) is 0.667. The monoisotopic (exact) mass is 430 g/mol. The van der Waals surface area contributed by atoms with Crippen molar-refractivity contribution < 1.29 is 14.3 Å². The van der Waals surface area contributed by atoms with E-state index >= 15 is 0 Å². The van der Waals surface area contributed by atoms with Crippen LogP contribution >= 0.6 is 0 Å². The molecule has 2 N–H and O–H groups in total. The van der Waals surface area contributed by atoms with Gasteiger partial charge in [-0.1, -0.05) is 25.8 Å². The van der Waals surface area contributed by atoms with Crippen molar-refractivity contribution >= 4 is 17.6 Å². The van der Waals surface area contributed by atoms with Crippen LogP contribution in [0, 0.1) is 11.8 Å². The number of nitrogens with one attached hydrogen (secondary N) is 2. The molecule has 0 saturated carbocycles. The van der Waals surface area contributed by atoms with Crippen LogP contribution in [0.15, 0.2) is 24.3 Å². The quantitative estimate of drug-likeness (QED) is 0.661. The molecular formula is C24H38N4O3. The second-order valence-electron chi connectivity index (χ2n) is 8.78. The first-order chi connectivity index (χ1) is 15.1. The standard InChI is InChI=1S/C24H38N4O3/c1-3-19-18-28(24(30)26-21-8-7-9-22(17-21)31-2)14-10-20(19)16-23(29)25-11-15-27-12-5-4-6-13-27/h7-9,17,19-20H,3-6,10-16,18H2,1-2H3,(H,25,29)(H,26,30)/t19-,20-/m0/s1. The molecule has 31 heavy (non-hydrogen) atoms. The summed E-state index contributed by atoms with van der Waals surface area (Å²) in [4.78, 5) is 29.6. The molecule has 0 aliphatic carbocycles. The molecule has 0 radical (unpaired) electrons. The van der Waals surface area contributed by atoms with Crippen LogP contribution in [0.1, 0.15) is 45.4 Å². The number of rotatable bonds is 8. The van der Waals surface area contributed by atoms with Crippen molar-refractivity contribution in [1.82, 2.24) is 15.1 Å². The zero-order chi connectivity index (χ0) is 22.1. The highest BCUT2D eigenvalue weighted by Gasteiger charge is 2.31. The summed E-state index contributed by atoms with van der Waals surface area (Å²) in [7, 11) is 1.61. The molecule has 0 bridgehead atoms. The Balaban J connectivity index is 1.42. The molecule has 3 amide bonds. The molecule has 2 heterocycles. The minimum atomic E-state index is -0.0869. The minimum Gasteiger partial charge on any atom is -0.497 e. The van der Waals surface area contributed by atoms with Crippen LogP contribution in [0.2, 0.25) is 0 Å². The van der Waals surface area contributed by atoms with Gasteiger partial charge in [0.05, 0.1) is 7.11 Å². The van der Waals surface area contributed by atoms with E-state index in [0.717, 1.165) is 44.7 Å². The lowest BCUT2D eigenvalue weighted by Crippen LogP contribution is -2.46. The molecule has 2 aliphatic rings. The Labute approximate surface area is 186 Å². The van der Waals surface area contributed by atoms with Crippen LogP contribution in [-0.4, -0.2) is 68.1 Å². The third-order valence-corrected chi connectivity index (χ3v) is 6.67. The molecule has 0 spiro atoms. The fourth-order valence-electron chi connectivity index (χ4n) is 4.75. The summed E-state index contributed by atoms with van der Waals surface area (Å²) in [5.74, 6) is 1.54. The van der Waals surface area contributed by atoms with Gasteiger partial charge in [-0.3, -0.25) is 4.79 Å². The topological polar surface area (TPSA) is 73.9 Å². The SMILES string of the molecule is CC[C@H]1CN(C(=O)Nc2cccc(OC)c2)CC[C@H]1CC(=O)NCCN1CCCCC1. The number of anilines is 1. The van der Waals surface area contributed by atoms with Crippen molar-refractivity contribution in [2.75, 3.05) is 51.7 Å². The van der Waals surface area contributed by atoms with Gasteiger partial charge in [0.2, 0.25) is 5.91 Å². The number of nitrogens with zero attached hydrogens (tertiary/aromatic N) is 2. The number of hydrogen-bond acceptors (Lipinski definition) is 4. The largest absolute Gasteiger partial charge is 0.497 e. The highest BCUT2D eigenvalue weighted by atomic mass is 16.5. The summed E-state index contributed by atoms with van der Waals surface area (Å²) >= 11 is 0. The Bertz CT molecular complexity index is 721. The second kappa shape index (κ2) is 11.9. The Morgan fingerprint density at radius 2 is 1.94 bits per heavy atom. The summed E-state index contributed by atoms with van der Waals surface area (Å²) in [6, 6.07) is 7.30. The number of amides is 3. The van der Waals surface area contributed by atoms with Gasteiger partial charge in [-0.05, 0) is 56.3 Å². The summed E-state index contributed by atoms with van der Waals surface area (Å²) in [6.07, 6.45) is 6.27. The second-order valence-corrected chi connectivity index (χ2v) is 8.78. The Hall–Kier alpha value is -2.28. The maximum atomic E-state index is 12.7. The van der Waals surface area contributed by atoms with Crippen LogP contribution in [0.5, 0.6) is 5.75 Å². The molecule has 0 aromatic heterocycles. The molecule has 3 rings (SSSR count). The molecule has 2 aliphatic heterocycles. The molecule has 7 heteroatoms. The van der Waals surface area contributed by atoms with Gasteiger partial charge in [-0.2, -0.15) is 0 Å². The van der Waals surface area contributed by atoms with Crippen LogP contribution in [0.25, 0.3) is 0 Å². The van der Waals surface area contributed by atoms with Crippen molar-refractivity contribution in [3.8, 4) is 5.75 Å². The lowest BCUT2D eigenvalue weighted by molar-refractivity contribution is -0.122. The number of hydrogen-bond donors (Lipinski definition) is 2. The number of likely N-dealkylation sites (tertiary alicyclic amines) is 2. The van der Waals surface area contributed by atoms with Crippen molar-refractivity contribution in [2.24, 2.45) is 11.8 Å². The van der Waals surface area contributed by atoms with Crippen molar-refractivity contribution in [3.63, 3.8) is 0 Å². The number of carbonyl (C=O) groups excluding carboxylic acids is 2. The zero-order valence-corrected chi connectivity index (χ0v) is 19.1. The summed E-state index contributed by atoms with van der Waals surface area (Å²) in [6.45, 7) is 7.52. The van der Waals surface area contributed by atoms with E-state index in [1.807, 2.05) is 29.2 Å². The van der Waals surface area contributed by atoms with Gasteiger partial charge >= 0.3 is 6.03 Å². The van der Waals surface area contributed by atoms with E-state index in [9.17, 15) is 9.59 Å². The number of ether oxygens (including phenoxy) is 1. The van der Waals surface area contributed by atoms with E-state index in [-0.39, 0.29) is 11.9 Å². The molecule has 2 atom stereocenters. The molecule has 2 fully saturated rings. The Morgan fingerprint density at radius 1 is 1.13 bits per heavy atom. The fourth-order valence-corrected chi connectivity index (χ4v) is 4.75. The number of methoxy groups -OCH3 is 1. The highest BCUT2D eigenvalue weighted by Crippen LogP contribution is 2.29. The van der Waals surface area contributed by atoms with E-state index in [1.165, 1.54) is 19.3 Å². The van der Waals surface area contributed by atoms with Gasteiger partial charge < -0.3 is 25.2 Å². The number of benzene rings is 1. The summed E-state index contributed by atoms with van der Waals surface area (Å²) in [5.41, 5.74) is 0.729. The average Bonchev–Trinajstić information content (AvgIpc) is 2.80. The van der Waals surface area contributed by atoms with Crippen molar-refractivity contribution in [1.29, 1.82) is 0 Å². The molecule has 0 unspecified atom stereocenters. The van der Waals surface area contributed by atoms with Crippen LogP contribution in [0.3, 0.4) is 0 Å². The van der Waals surface area contributed by atoms with E-state index < -0.39 is 0 Å². The maximum absolute atomic E-state index is 12.7. The Morgan fingerprint density at radius 3 is 2.68 bits per heavy atom. The van der Waals surface area contributed by atoms with Crippen molar-refractivity contribution in [3.05, 3.63) is 24.3 Å². The van der Waals surface area contributed by atoms with Crippen LogP contribution in [0.4, 0.5) is 10.5 Å². The summed E-state index contributed by atoms with van der Waals surface area (Å²) < 4.78 is 5.22. The van der Waals surface area contributed by atoms with E-state index in [1.54, 1.807) is 7.11 Å². The predicted octanol–water partition coefficient (Wildman–Crippen LogP) is 3.57. The Kier molecular flexibility index (Phi) is 9.00. The molecule has 1 aromatic carbocycles. The van der Waals surface area contributed by atoms with E-state index in [4.69, 9.17) is 4.74 Å². The predicted molar refractivity (Wildman–Crippen MR) is 123 cm³/mol. The van der Waals surface area contributed by atoms with Gasteiger partial charge in [-0.15, -0.1) is 0 Å². The van der Waals surface area contributed by atoms with Gasteiger partial charge in [0.1, 0.15) is 5.75 Å².